The highest BCUT2D eigenvalue weighted by atomic mass is 35.5. The molecule has 0 aromatic heterocycles. The molecule has 2 atom stereocenters. The molecule has 23 heavy (non-hydrogen) atoms. The van der Waals surface area contributed by atoms with Crippen LogP contribution in [0, 0.1) is 5.92 Å². The molecule has 0 aromatic rings. The topological polar surface area (TPSA) is 78.5 Å². The number of amides is 1. The Morgan fingerprint density at radius 2 is 1.87 bits per heavy atom. The predicted octanol–water partition coefficient (Wildman–Crippen LogP) is 1.12. The molecule has 1 amide bonds. The van der Waals surface area contributed by atoms with Crippen LogP contribution in [0.5, 0.6) is 0 Å². The number of carbonyl (C=O) groups is 1. The zero-order valence-corrected chi connectivity index (χ0v) is 15.7. The Hall–Kier alpha value is -0.370. The third-order valence-electron chi connectivity index (χ3n) is 4.77. The number of halogens is 1. The smallest absolute Gasteiger partial charge is 0.220 e. The molecular weight excluding hydrogens is 338 g/mol. The number of sulfonamides is 1. The second-order valence-corrected chi connectivity index (χ2v) is 8.62. The molecule has 6 nitrogen and oxygen atoms in total. The first-order valence-electron chi connectivity index (χ1n) is 8.36. The molecule has 2 unspecified atom stereocenters. The summed E-state index contributed by atoms with van der Waals surface area (Å²) in [5.41, 5.74) is 0. The van der Waals surface area contributed by atoms with Gasteiger partial charge in [-0.3, -0.25) is 4.79 Å². The summed E-state index contributed by atoms with van der Waals surface area (Å²) in [4.78, 5) is 12.0. The fourth-order valence-corrected chi connectivity index (χ4v) is 4.65. The lowest BCUT2D eigenvalue weighted by molar-refractivity contribution is -0.122. The first kappa shape index (κ1) is 20.7. The van der Waals surface area contributed by atoms with Crippen molar-refractivity contribution in [1.82, 2.24) is 14.9 Å². The zero-order chi connectivity index (χ0) is 16.2. The van der Waals surface area contributed by atoms with E-state index in [2.05, 4.69) is 10.6 Å². The Morgan fingerprint density at radius 1 is 1.26 bits per heavy atom. The molecule has 2 aliphatic rings. The quantitative estimate of drug-likeness (QED) is 0.630. The fourth-order valence-electron chi connectivity index (χ4n) is 3.72. The third-order valence-corrected chi connectivity index (χ3v) is 6.15. The van der Waals surface area contributed by atoms with Gasteiger partial charge in [-0.25, -0.2) is 12.7 Å². The second kappa shape index (κ2) is 9.20. The van der Waals surface area contributed by atoms with Crippen LogP contribution in [-0.4, -0.2) is 56.6 Å². The van der Waals surface area contributed by atoms with Gasteiger partial charge in [-0.1, -0.05) is 6.92 Å². The van der Waals surface area contributed by atoms with Gasteiger partial charge in [0, 0.05) is 38.1 Å². The van der Waals surface area contributed by atoms with E-state index in [-0.39, 0.29) is 18.3 Å². The number of nitrogens with zero attached hydrogens (tertiary/aromatic N) is 1. The van der Waals surface area contributed by atoms with E-state index in [1.165, 1.54) is 23.4 Å². The van der Waals surface area contributed by atoms with Crippen molar-refractivity contribution < 1.29 is 13.2 Å². The number of fused-ring (bicyclic) bond motifs is 2. The minimum Gasteiger partial charge on any atom is -0.356 e. The average Bonchev–Trinajstić information content (AvgIpc) is 2.76. The van der Waals surface area contributed by atoms with Crippen LogP contribution in [0.1, 0.15) is 45.4 Å². The highest BCUT2D eigenvalue weighted by Crippen LogP contribution is 2.32. The standard InChI is InChI=1S/C15H29N3O3S.ClH/c1-3-18(22(2,20)21)8-4-7-16-15(19)11-12-9-13-5-6-14(10-12)17-13;/h12-14,17H,3-11H2,1-2H3,(H,16,19);1H. The van der Waals surface area contributed by atoms with E-state index in [9.17, 15) is 13.2 Å². The van der Waals surface area contributed by atoms with Gasteiger partial charge < -0.3 is 10.6 Å². The van der Waals surface area contributed by atoms with Gasteiger partial charge in [-0.05, 0) is 38.0 Å². The fraction of sp³-hybridized carbons (Fsp3) is 0.933. The van der Waals surface area contributed by atoms with Crippen LogP contribution in [-0.2, 0) is 14.8 Å². The molecule has 0 aliphatic carbocycles. The Bertz CT molecular complexity index is 474. The van der Waals surface area contributed by atoms with Gasteiger partial charge in [0.25, 0.3) is 0 Å². The number of nitrogens with one attached hydrogen (secondary N) is 2. The van der Waals surface area contributed by atoms with Crippen molar-refractivity contribution in [3.8, 4) is 0 Å². The number of piperidine rings is 1. The predicted molar refractivity (Wildman–Crippen MR) is 94.3 cm³/mol. The molecule has 2 aliphatic heterocycles. The molecule has 2 bridgehead atoms. The average molecular weight is 368 g/mol. The van der Waals surface area contributed by atoms with E-state index in [0.29, 0.717) is 50.5 Å². The Morgan fingerprint density at radius 3 is 2.39 bits per heavy atom. The van der Waals surface area contributed by atoms with Gasteiger partial charge in [0.2, 0.25) is 15.9 Å². The second-order valence-electron chi connectivity index (χ2n) is 6.64. The summed E-state index contributed by atoms with van der Waals surface area (Å²) < 4.78 is 24.3. The van der Waals surface area contributed by atoms with E-state index in [0.717, 1.165) is 12.8 Å². The number of hydrogen-bond donors (Lipinski definition) is 2. The van der Waals surface area contributed by atoms with Gasteiger partial charge in [0.1, 0.15) is 0 Å². The van der Waals surface area contributed by atoms with Crippen molar-refractivity contribution in [2.45, 2.75) is 57.5 Å². The highest BCUT2D eigenvalue weighted by molar-refractivity contribution is 7.88. The maximum absolute atomic E-state index is 12.0. The van der Waals surface area contributed by atoms with Crippen LogP contribution < -0.4 is 10.6 Å². The molecule has 2 rings (SSSR count). The molecule has 0 aromatic carbocycles. The van der Waals surface area contributed by atoms with Crippen molar-refractivity contribution >= 4 is 28.3 Å². The Balaban J connectivity index is 0.00000264. The van der Waals surface area contributed by atoms with E-state index >= 15 is 0 Å². The minimum atomic E-state index is -3.13. The van der Waals surface area contributed by atoms with Crippen LogP contribution in [0.4, 0.5) is 0 Å². The lowest BCUT2D eigenvalue weighted by Crippen LogP contribution is -2.40. The summed E-state index contributed by atoms with van der Waals surface area (Å²) in [7, 11) is -3.13. The summed E-state index contributed by atoms with van der Waals surface area (Å²) in [6.45, 7) is 3.31. The van der Waals surface area contributed by atoms with Crippen LogP contribution in [0.25, 0.3) is 0 Å². The van der Waals surface area contributed by atoms with E-state index in [1.807, 2.05) is 6.92 Å². The summed E-state index contributed by atoms with van der Waals surface area (Å²) in [6.07, 6.45) is 7.22. The summed E-state index contributed by atoms with van der Waals surface area (Å²) in [6, 6.07) is 1.23. The van der Waals surface area contributed by atoms with Crippen LogP contribution >= 0.6 is 12.4 Å². The molecular formula is C15H30ClN3O3S. The minimum absolute atomic E-state index is 0. The number of hydrogen-bond acceptors (Lipinski definition) is 4. The van der Waals surface area contributed by atoms with Gasteiger partial charge in [-0.15, -0.1) is 12.4 Å². The lowest BCUT2D eigenvalue weighted by Gasteiger charge is -2.28. The molecule has 0 radical (unpaired) electrons. The largest absolute Gasteiger partial charge is 0.356 e. The van der Waals surface area contributed by atoms with Gasteiger partial charge in [-0.2, -0.15) is 0 Å². The molecule has 0 spiro atoms. The van der Waals surface area contributed by atoms with Crippen molar-refractivity contribution in [1.29, 1.82) is 0 Å². The zero-order valence-electron chi connectivity index (χ0n) is 14.1. The van der Waals surface area contributed by atoms with Gasteiger partial charge in [0.05, 0.1) is 6.26 Å². The number of rotatable bonds is 8. The number of carbonyl (C=O) groups excluding carboxylic acids is 1. The normalized spacial score (nSPS) is 26.8. The monoisotopic (exact) mass is 367 g/mol. The van der Waals surface area contributed by atoms with Crippen LogP contribution in [0.15, 0.2) is 0 Å². The van der Waals surface area contributed by atoms with E-state index in [4.69, 9.17) is 0 Å². The lowest BCUT2D eigenvalue weighted by atomic mass is 9.89. The van der Waals surface area contributed by atoms with Gasteiger partial charge >= 0.3 is 0 Å². The van der Waals surface area contributed by atoms with Gasteiger partial charge in [0.15, 0.2) is 0 Å². The molecule has 136 valence electrons. The molecule has 2 heterocycles. The highest BCUT2D eigenvalue weighted by Gasteiger charge is 2.34. The SMILES string of the molecule is CCN(CCCNC(=O)CC1CC2CCC(C1)N2)S(C)(=O)=O.Cl. The first-order valence-corrected chi connectivity index (χ1v) is 10.2. The molecule has 2 saturated heterocycles. The molecule has 2 fully saturated rings. The van der Waals surface area contributed by atoms with Crippen molar-refractivity contribution in [3.63, 3.8) is 0 Å². The third kappa shape index (κ3) is 6.57. The Labute approximate surface area is 146 Å². The van der Waals surface area contributed by atoms with Crippen LogP contribution in [0.2, 0.25) is 0 Å². The van der Waals surface area contributed by atoms with E-state index in [1.54, 1.807) is 0 Å². The van der Waals surface area contributed by atoms with Crippen LogP contribution in [0.3, 0.4) is 0 Å². The summed E-state index contributed by atoms with van der Waals surface area (Å²) in [5, 5.41) is 6.51. The van der Waals surface area contributed by atoms with Crippen molar-refractivity contribution in [3.05, 3.63) is 0 Å². The summed E-state index contributed by atoms with van der Waals surface area (Å²) in [5.74, 6) is 0.607. The Kier molecular flexibility index (Phi) is 8.27. The molecule has 8 heteroatoms. The van der Waals surface area contributed by atoms with E-state index < -0.39 is 10.0 Å². The van der Waals surface area contributed by atoms with Crippen molar-refractivity contribution in [2.24, 2.45) is 5.92 Å². The molecule has 0 saturated carbocycles. The molecule has 2 N–H and O–H groups in total. The summed E-state index contributed by atoms with van der Waals surface area (Å²) >= 11 is 0. The maximum atomic E-state index is 12.0. The maximum Gasteiger partial charge on any atom is 0.220 e. The van der Waals surface area contributed by atoms with Crippen molar-refractivity contribution in [2.75, 3.05) is 25.9 Å². The first-order chi connectivity index (χ1) is 10.4.